The van der Waals surface area contributed by atoms with Gasteiger partial charge in [-0.25, -0.2) is 4.79 Å². The van der Waals surface area contributed by atoms with Crippen LogP contribution in [0.1, 0.15) is 77.3 Å². The van der Waals surface area contributed by atoms with Crippen molar-refractivity contribution in [3.05, 3.63) is 29.8 Å². The molecule has 1 aromatic rings. The van der Waals surface area contributed by atoms with Crippen molar-refractivity contribution in [2.45, 2.75) is 71.8 Å². The maximum Gasteiger partial charge on any atom is 0.333 e. The predicted octanol–water partition coefficient (Wildman–Crippen LogP) is 5.05. The lowest BCUT2D eigenvalue weighted by molar-refractivity contribution is -0.146. The third kappa shape index (κ3) is 7.06. The number of hydrogen-bond acceptors (Lipinski definition) is 4. The number of ether oxygens (including phenoxy) is 2. The molecule has 29 heavy (non-hydrogen) atoms. The van der Waals surface area contributed by atoms with E-state index in [1.165, 1.54) is 26.4 Å². The minimum Gasteiger partial charge on any atom is -0.493 e. The summed E-state index contributed by atoms with van der Waals surface area (Å²) in [4.78, 5) is 25.2. The Morgan fingerprint density at radius 3 is 2.34 bits per heavy atom. The first-order valence-electron chi connectivity index (χ1n) is 11.1. The first-order chi connectivity index (χ1) is 14.0. The molecule has 0 saturated heterocycles. The maximum absolute atomic E-state index is 12.8. The molecule has 0 spiro atoms. The van der Waals surface area contributed by atoms with Gasteiger partial charge in [-0.05, 0) is 48.8 Å². The smallest absolute Gasteiger partial charge is 0.333 e. The fourth-order valence-electron chi connectivity index (χ4n) is 4.09. The highest BCUT2D eigenvalue weighted by molar-refractivity contribution is 5.86. The zero-order valence-electron chi connectivity index (χ0n) is 18.4. The van der Waals surface area contributed by atoms with E-state index in [0.29, 0.717) is 24.0 Å². The van der Waals surface area contributed by atoms with Crippen LogP contribution in [0.25, 0.3) is 0 Å². The minimum atomic E-state index is -0.799. The van der Waals surface area contributed by atoms with Crippen LogP contribution < -0.4 is 10.1 Å². The van der Waals surface area contributed by atoms with E-state index >= 15 is 0 Å². The standard InChI is InChI=1S/C24H37NO4/c1-5-9-17(2)16-29-21-14-12-20(13-15-21)22(24(27)28-4)25-23(26)18(3)19-10-7-6-8-11-19/h12-15,17-19,22H,5-11,16H2,1-4H3,(H,25,26)/t17?,18?,22-/m1/s1. The van der Waals surface area contributed by atoms with E-state index < -0.39 is 12.0 Å². The fraction of sp³-hybridized carbons (Fsp3) is 0.667. The maximum atomic E-state index is 12.8. The average Bonchev–Trinajstić information content (AvgIpc) is 2.76. The molecule has 2 unspecified atom stereocenters. The third-order valence-electron chi connectivity index (χ3n) is 6.02. The molecule has 5 heteroatoms. The molecule has 1 aliphatic rings. The van der Waals surface area contributed by atoms with Crippen LogP contribution >= 0.6 is 0 Å². The molecule has 2 rings (SSSR count). The van der Waals surface area contributed by atoms with Crippen molar-refractivity contribution in [3.63, 3.8) is 0 Å². The second-order valence-electron chi connectivity index (χ2n) is 8.43. The molecule has 3 atom stereocenters. The monoisotopic (exact) mass is 403 g/mol. The summed E-state index contributed by atoms with van der Waals surface area (Å²) in [5.74, 6) is 1.01. The molecular formula is C24H37NO4. The van der Waals surface area contributed by atoms with Gasteiger partial charge >= 0.3 is 5.97 Å². The highest BCUT2D eigenvalue weighted by atomic mass is 16.5. The third-order valence-corrected chi connectivity index (χ3v) is 6.02. The van der Waals surface area contributed by atoms with Crippen LogP contribution in [0.2, 0.25) is 0 Å². The highest BCUT2D eigenvalue weighted by Crippen LogP contribution is 2.30. The van der Waals surface area contributed by atoms with Crippen LogP contribution in [0.5, 0.6) is 5.75 Å². The van der Waals surface area contributed by atoms with Gasteiger partial charge in [0.1, 0.15) is 5.75 Å². The molecule has 0 heterocycles. The summed E-state index contributed by atoms with van der Waals surface area (Å²) < 4.78 is 10.8. The molecule has 1 fully saturated rings. The van der Waals surface area contributed by atoms with Gasteiger partial charge in [0.15, 0.2) is 6.04 Å². The van der Waals surface area contributed by atoms with Crippen molar-refractivity contribution in [2.75, 3.05) is 13.7 Å². The van der Waals surface area contributed by atoms with Gasteiger partial charge in [0.25, 0.3) is 0 Å². The molecule has 1 amide bonds. The van der Waals surface area contributed by atoms with Crippen LogP contribution in [-0.2, 0) is 14.3 Å². The zero-order valence-corrected chi connectivity index (χ0v) is 18.4. The van der Waals surface area contributed by atoms with E-state index in [4.69, 9.17) is 9.47 Å². The number of nitrogens with one attached hydrogen (secondary N) is 1. The van der Waals surface area contributed by atoms with Crippen LogP contribution in [0.15, 0.2) is 24.3 Å². The number of carbonyl (C=O) groups excluding carboxylic acids is 2. The van der Waals surface area contributed by atoms with Gasteiger partial charge in [0, 0.05) is 5.92 Å². The summed E-state index contributed by atoms with van der Waals surface area (Å²) in [6.07, 6.45) is 8.06. The van der Waals surface area contributed by atoms with E-state index in [1.54, 1.807) is 0 Å². The van der Waals surface area contributed by atoms with Gasteiger partial charge < -0.3 is 14.8 Å². The van der Waals surface area contributed by atoms with Crippen molar-refractivity contribution in [1.82, 2.24) is 5.32 Å². The average molecular weight is 404 g/mol. The lowest BCUT2D eigenvalue weighted by Gasteiger charge is -2.28. The van der Waals surface area contributed by atoms with Gasteiger partial charge in [0.05, 0.1) is 13.7 Å². The van der Waals surface area contributed by atoms with Gasteiger partial charge in [0.2, 0.25) is 5.91 Å². The minimum absolute atomic E-state index is 0.0824. The molecule has 1 saturated carbocycles. The van der Waals surface area contributed by atoms with Crippen LogP contribution in [0.4, 0.5) is 0 Å². The predicted molar refractivity (Wildman–Crippen MR) is 115 cm³/mol. The van der Waals surface area contributed by atoms with Gasteiger partial charge in [-0.15, -0.1) is 0 Å². The number of rotatable bonds is 10. The number of amides is 1. The summed E-state index contributed by atoms with van der Waals surface area (Å²) in [6.45, 7) is 6.98. The molecule has 5 nitrogen and oxygen atoms in total. The first-order valence-corrected chi connectivity index (χ1v) is 11.1. The Bertz CT molecular complexity index is 637. The van der Waals surface area contributed by atoms with Crippen molar-refractivity contribution in [2.24, 2.45) is 17.8 Å². The van der Waals surface area contributed by atoms with Gasteiger partial charge in [-0.3, -0.25) is 4.79 Å². The van der Waals surface area contributed by atoms with Crippen molar-refractivity contribution in [3.8, 4) is 5.75 Å². The second-order valence-corrected chi connectivity index (χ2v) is 8.43. The summed E-state index contributed by atoms with van der Waals surface area (Å²) in [6, 6.07) is 6.55. The summed E-state index contributed by atoms with van der Waals surface area (Å²) in [7, 11) is 1.35. The Balaban J connectivity index is 2.01. The van der Waals surface area contributed by atoms with E-state index in [9.17, 15) is 9.59 Å². The summed E-state index contributed by atoms with van der Waals surface area (Å²) >= 11 is 0. The molecule has 0 aromatic heterocycles. The molecule has 0 aliphatic heterocycles. The Morgan fingerprint density at radius 1 is 1.10 bits per heavy atom. The molecule has 162 valence electrons. The molecule has 1 N–H and O–H groups in total. The second kappa shape index (κ2) is 11.8. The van der Waals surface area contributed by atoms with Crippen molar-refractivity contribution >= 4 is 11.9 Å². The fourth-order valence-corrected chi connectivity index (χ4v) is 4.09. The lowest BCUT2D eigenvalue weighted by Crippen LogP contribution is -2.40. The van der Waals surface area contributed by atoms with Crippen LogP contribution in [0.3, 0.4) is 0 Å². The normalized spacial score (nSPS) is 17.8. The number of esters is 1. The quantitative estimate of drug-likeness (QED) is 0.555. The summed E-state index contributed by atoms with van der Waals surface area (Å²) in [5.41, 5.74) is 0.704. The Morgan fingerprint density at radius 2 is 1.76 bits per heavy atom. The number of carbonyl (C=O) groups is 2. The van der Waals surface area contributed by atoms with E-state index in [0.717, 1.165) is 31.4 Å². The molecule has 0 radical (unpaired) electrons. The van der Waals surface area contributed by atoms with Gasteiger partial charge in [-0.1, -0.05) is 58.6 Å². The topological polar surface area (TPSA) is 64.6 Å². The van der Waals surface area contributed by atoms with E-state index in [1.807, 2.05) is 31.2 Å². The van der Waals surface area contributed by atoms with Crippen molar-refractivity contribution in [1.29, 1.82) is 0 Å². The lowest BCUT2D eigenvalue weighted by atomic mass is 9.80. The Labute approximate surface area is 175 Å². The SMILES string of the molecule is CCCC(C)COc1ccc([C@@H](NC(=O)C(C)C2CCCCC2)C(=O)OC)cc1. The van der Waals surface area contributed by atoms with Crippen LogP contribution in [0, 0.1) is 17.8 Å². The molecule has 1 aromatic carbocycles. The van der Waals surface area contributed by atoms with Crippen LogP contribution in [-0.4, -0.2) is 25.6 Å². The van der Waals surface area contributed by atoms with E-state index in [-0.39, 0.29) is 11.8 Å². The number of hydrogen-bond donors (Lipinski definition) is 1. The molecule has 1 aliphatic carbocycles. The molecule has 0 bridgehead atoms. The van der Waals surface area contributed by atoms with Gasteiger partial charge in [-0.2, -0.15) is 0 Å². The first kappa shape index (κ1) is 23.2. The highest BCUT2D eigenvalue weighted by Gasteiger charge is 2.30. The largest absolute Gasteiger partial charge is 0.493 e. The molecular weight excluding hydrogens is 366 g/mol. The number of benzene rings is 1. The number of methoxy groups -OCH3 is 1. The summed E-state index contributed by atoms with van der Waals surface area (Å²) in [5, 5.41) is 2.91. The Kier molecular flexibility index (Phi) is 9.49. The van der Waals surface area contributed by atoms with Crippen molar-refractivity contribution < 1.29 is 19.1 Å². The Hall–Kier alpha value is -2.04. The zero-order chi connectivity index (χ0) is 21.2. The van der Waals surface area contributed by atoms with E-state index in [2.05, 4.69) is 19.2 Å².